The molecule has 0 heterocycles. The Hall–Kier alpha value is -1.95. The molecule has 0 saturated heterocycles. The molecule has 4 saturated carbocycles. The van der Waals surface area contributed by atoms with E-state index >= 15 is 0 Å². The van der Waals surface area contributed by atoms with Gasteiger partial charge in [0, 0.05) is 24.8 Å². The average Bonchev–Trinajstić information content (AvgIpc) is 3.05. The summed E-state index contributed by atoms with van der Waals surface area (Å²) in [7, 11) is 0. The summed E-state index contributed by atoms with van der Waals surface area (Å²) in [4.78, 5) is 39.0. The van der Waals surface area contributed by atoms with E-state index in [0.29, 0.717) is 43.3 Å². The lowest BCUT2D eigenvalue weighted by Crippen LogP contribution is -2.64. The molecule has 0 aliphatic heterocycles. The molecule has 4 fully saturated rings. The first-order valence-electron chi connectivity index (χ1n) is 14.1. The van der Waals surface area contributed by atoms with Gasteiger partial charge in [-0.3, -0.25) is 9.59 Å². The van der Waals surface area contributed by atoms with E-state index in [2.05, 4.69) is 27.7 Å². The number of carbonyl (C=O) groups excluding carboxylic acids is 2. The van der Waals surface area contributed by atoms with Crippen LogP contribution in [0.15, 0.2) is 22.8 Å². The van der Waals surface area contributed by atoms with Crippen molar-refractivity contribution in [2.45, 2.75) is 112 Å². The fraction of sp³-hybridized carbons (Fsp3) is 0.774. The van der Waals surface area contributed by atoms with Crippen LogP contribution in [0.5, 0.6) is 0 Å². The molecule has 0 amide bonds. The third-order valence-electron chi connectivity index (χ3n) is 11.3. The Morgan fingerprint density at radius 3 is 2.35 bits per heavy atom. The van der Waals surface area contributed by atoms with Crippen molar-refractivity contribution in [3.63, 3.8) is 0 Å². The predicted octanol–water partition coefficient (Wildman–Crippen LogP) is 5.87. The second kappa shape index (κ2) is 9.66. The number of ketones is 1. The van der Waals surface area contributed by atoms with E-state index in [-0.39, 0.29) is 51.8 Å². The molecule has 6 nitrogen and oxygen atoms in total. The largest absolute Gasteiger partial charge is 0.478 e. The fourth-order valence-electron chi connectivity index (χ4n) is 9.47. The smallest absolute Gasteiger partial charge is 0.331 e. The van der Waals surface area contributed by atoms with E-state index in [0.717, 1.165) is 24.8 Å². The lowest BCUT2D eigenvalue weighted by Gasteiger charge is -2.66. The van der Waals surface area contributed by atoms with Crippen molar-refractivity contribution in [3.05, 3.63) is 22.8 Å². The second-order valence-corrected chi connectivity index (χ2v) is 13.5. The van der Waals surface area contributed by atoms with Crippen molar-refractivity contribution in [2.75, 3.05) is 0 Å². The maximum atomic E-state index is 14.2. The Labute approximate surface area is 221 Å². The highest BCUT2D eigenvalue weighted by Crippen LogP contribution is 2.73. The number of hydrogen-bond acceptors (Lipinski definition) is 5. The molecule has 0 aromatic rings. The topological polar surface area (TPSA) is 101 Å². The molecule has 0 bridgehead atoms. The number of carboxylic acid groups (broad SMARTS) is 1. The molecule has 2 N–H and O–H groups in total. The van der Waals surface area contributed by atoms with Crippen LogP contribution in [-0.4, -0.2) is 40.1 Å². The Bertz CT molecular complexity index is 1040. The zero-order chi connectivity index (χ0) is 27.5. The first-order chi connectivity index (χ1) is 17.2. The zero-order valence-electron chi connectivity index (χ0n) is 23.7. The van der Waals surface area contributed by atoms with E-state index in [1.54, 1.807) is 0 Å². The van der Waals surface area contributed by atoms with Crippen molar-refractivity contribution < 1.29 is 29.3 Å². The summed E-state index contributed by atoms with van der Waals surface area (Å²) in [5.74, 6) is -1.14. The standard InChI is InChI=1S/C31H46O6/c1-17(2)9-8-10-20(28(35)36)26-22-15-24(34)27-29(5)13-12-23(33)18(3)21(29)11-14-30(27,6)31(22,7)16-25(26)37-19(4)32/h9,18,21-23,25,27,33H,8,10-16H2,1-7H3,(H,35,36). The number of rotatable bonds is 5. The van der Waals surface area contributed by atoms with Crippen molar-refractivity contribution in [3.8, 4) is 0 Å². The van der Waals surface area contributed by atoms with Gasteiger partial charge in [0.15, 0.2) is 0 Å². The van der Waals surface area contributed by atoms with Crippen molar-refractivity contribution in [2.24, 2.45) is 39.9 Å². The van der Waals surface area contributed by atoms with Gasteiger partial charge in [0.05, 0.1) is 6.10 Å². The molecule has 0 aromatic carbocycles. The van der Waals surface area contributed by atoms with Crippen LogP contribution in [0.2, 0.25) is 0 Å². The normalized spacial score (nSPS) is 44.3. The summed E-state index contributed by atoms with van der Waals surface area (Å²) < 4.78 is 5.84. The van der Waals surface area contributed by atoms with Gasteiger partial charge in [-0.1, -0.05) is 39.3 Å². The minimum Gasteiger partial charge on any atom is -0.478 e. The maximum absolute atomic E-state index is 14.2. The molecule has 9 unspecified atom stereocenters. The molecule has 206 valence electrons. The van der Waals surface area contributed by atoms with Gasteiger partial charge in [0.25, 0.3) is 0 Å². The van der Waals surface area contributed by atoms with E-state index < -0.39 is 18.0 Å². The molecule has 0 radical (unpaired) electrons. The molecule has 4 aliphatic carbocycles. The summed E-state index contributed by atoms with van der Waals surface area (Å²) in [6.45, 7) is 14.2. The van der Waals surface area contributed by atoms with E-state index in [4.69, 9.17) is 4.74 Å². The van der Waals surface area contributed by atoms with Crippen LogP contribution in [0.25, 0.3) is 0 Å². The number of esters is 1. The number of fused-ring (bicyclic) bond motifs is 5. The first kappa shape index (κ1) is 28.1. The first-order valence-corrected chi connectivity index (χ1v) is 14.1. The Morgan fingerprint density at radius 1 is 1.08 bits per heavy atom. The number of aliphatic hydroxyl groups excluding tert-OH is 1. The van der Waals surface area contributed by atoms with Gasteiger partial charge in [-0.05, 0) is 98.4 Å². The van der Waals surface area contributed by atoms with Gasteiger partial charge < -0.3 is 14.9 Å². The molecule has 9 atom stereocenters. The van der Waals surface area contributed by atoms with Crippen molar-refractivity contribution in [1.29, 1.82) is 0 Å². The van der Waals surface area contributed by atoms with Crippen LogP contribution >= 0.6 is 0 Å². The lowest BCUT2D eigenvalue weighted by molar-refractivity contribution is -0.198. The highest BCUT2D eigenvalue weighted by Gasteiger charge is 2.71. The molecule has 4 aliphatic rings. The number of carboxylic acids is 1. The maximum Gasteiger partial charge on any atom is 0.331 e. The molecule has 6 heteroatoms. The summed E-state index contributed by atoms with van der Waals surface area (Å²) >= 11 is 0. The van der Waals surface area contributed by atoms with Crippen LogP contribution in [0.1, 0.15) is 99.8 Å². The van der Waals surface area contributed by atoms with Gasteiger partial charge in [-0.25, -0.2) is 4.79 Å². The monoisotopic (exact) mass is 514 g/mol. The lowest BCUT2D eigenvalue weighted by atomic mass is 9.37. The highest BCUT2D eigenvalue weighted by molar-refractivity contribution is 5.90. The molecular formula is C31H46O6. The van der Waals surface area contributed by atoms with Gasteiger partial charge in [-0.2, -0.15) is 0 Å². The molecule has 4 rings (SSSR count). The Morgan fingerprint density at radius 2 is 1.76 bits per heavy atom. The quantitative estimate of drug-likeness (QED) is 0.270. The minimum atomic E-state index is -0.982. The van der Waals surface area contributed by atoms with E-state index in [1.165, 1.54) is 6.92 Å². The Kier molecular flexibility index (Phi) is 7.33. The van der Waals surface area contributed by atoms with Crippen LogP contribution in [0.3, 0.4) is 0 Å². The summed E-state index contributed by atoms with van der Waals surface area (Å²) in [6, 6.07) is 0. The predicted molar refractivity (Wildman–Crippen MR) is 142 cm³/mol. The number of allylic oxidation sites excluding steroid dienone is 2. The van der Waals surface area contributed by atoms with Crippen LogP contribution in [-0.2, 0) is 19.1 Å². The van der Waals surface area contributed by atoms with Gasteiger partial charge >= 0.3 is 11.9 Å². The van der Waals surface area contributed by atoms with Gasteiger partial charge in [-0.15, -0.1) is 0 Å². The van der Waals surface area contributed by atoms with Crippen LogP contribution < -0.4 is 0 Å². The number of carbonyl (C=O) groups is 3. The second-order valence-electron chi connectivity index (χ2n) is 13.5. The van der Waals surface area contributed by atoms with Crippen molar-refractivity contribution >= 4 is 17.7 Å². The number of ether oxygens (including phenoxy) is 1. The SMILES string of the molecule is CC(=O)OC1CC2(C)C(CC(=O)C3C4(C)CCC(O)C(C)C4CCC32C)C1=C(CCC=C(C)C)C(=O)O. The minimum absolute atomic E-state index is 0.147. The van der Waals surface area contributed by atoms with Crippen LogP contribution in [0, 0.1) is 39.9 Å². The van der Waals surface area contributed by atoms with Gasteiger partial charge in [0.1, 0.15) is 11.9 Å². The molecule has 0 spiro atoms. The van der Waals surface area contributed by atoms with Crippen LogP contribution in [0.4, 0.5) is 0 Å². The highest BCUT2D eigenvalue weighted by atomic mass is 16.5. The average molecular weight is 515 g/mol. The third-order valence-corrected chi connectivity index (χ3v) is 11.3. The molecule has 0 aromatic heterocycles. The van der Waals surface area contributed by atoms with Gasteiger partial charge in [0.2, 0.25) is 0 Å². The number of Topliss-reactive ketones (excluding diaryl/α,β-unsaturated/α-hetero) is 1. The summed E-state index contributed by atoms with van der Waals surface area (Å²) in [5, 5.41) is 20.9. The third kappa shape index (κ3) is 4.31. The number of hydrogen-bond donors (Lipinski definition) is 2. The van der Waals surface area contributed by atoms with E-state index in [9.17, 15) is 24.6 Å². The zero-order valence-corrected chi connectivity index (χ0v) is 23.7. The fourth-order valence-corrected chi connectivity index (χ4v) is 9.47. The molecular weight excluding hydrogens is 468 g/mol. The summed E-state index contributed by atoms with van der Waals surface area (Å²) in [5.41, 5.74) is 1.19. The van der Waals surface area contributed by atoms with E-state index in [1.807, 2.05) is 19.9 Å². The Balaban J connectivity index is 1.83. The summed E-state index contributed by atoms with van der Waals surface area (Å²) in [6.07, 6.45) is 6.22. The number of aliphatic hydroxyl groups is 1. The van der Waals surface area contributed by atoms with Crippen molar-refractivity contribution in [1.82, 2.24) is 0 Å². The molecule has 37 heavy (non-hydrogen) atoms. The number of aliphatic carboxylic acids is 1.